The van der Waals surface area contributed by atoms with Crippen LogP contribution >= 0.6 is 0 Å². The lowest BCUT2D eigenvalue weighted by Crippen LogP contribution is -2.41. The van der Waals surface area contributed by atoms with E-state index in [1.807, 2.05) is 30.3 Å². The van der Waals surface area contributed by atoms with Crippen molar-refractivity contribution < 1.29 is 9.53 Å². The molecular weight excluding hydrogens is 250 g/mol. The van der Waals surface area contributed by atoms with Gasteiger partial charge in [-0.2, -0.15) is 0 Å². The molecule has 0 radical (unpaired) electrons. The van der Waals surface area contributed by atoms with Gasteiger partial charge in [0, 0.05) is 12.1 Å². The molecule has 1 heterocycles. The van der Waals surface area contributed by atoms with Gasteiger partial charge in [-0.1, -0.05) is 36.4 Å². The number of benzene rings is 2. The maximum absolute atomic E-state index is 12.6. The van der Waals surface area contributed by atoms with Crippen LogP contribution in [0.2, 0.25) is 0 Å². The quantitative estimate of drug-likeness (QED) is 0.869. The average Bonchev–Trinajstić information content (AvgIpc) is 2.53. The monoisotopic (exact) mass is 267 g/mol. The highest BCUT2D eigenvalue weighted by molar-refractivity contribution is 6.00. The smallest absolute Gasteiger partial charge is 0.180 e. The molecule has 3 heteroatoms. The number of ketones is 1. The summed E-state index contributed by atoms with van der Waals surface area (Å²) in [6.07, 6.45) is 0.742. The minimum Gasteiger partial charge on any atom is -0.497 e. The molecule has 1 aliphatic heterocycles. The molecule has 0 fully saturated rings. The van der Waals surface area contributed by atoms with Crippen LogP contribution in [0, 0.1) is 0 Å². The molecule has 0 spiro atoms. The zero-order valence-corrected chi connectivity index (χ0v) is 11.4. The Kier molecular flexibility index (Phi) is 3.52. The number of rotatable bonds is 3. The average molecular weight is 267 g/mol. The van der Waals surface area contributed by atoms with Crippen molar-refractivity contribution in [3.05, 3.63) is 65.2 Å². The molecule has 2 aromatic carbocycles. The predicted octanol–water partition coefficient (Wildman–Crippen LogP) is 2.59. The maximum atomic E-state index is 12.6. The fourth-order valence-corrected chi connectivity index (χ4v) is 2.62. The van der Waals surface area contributed by atoms with Crippen LogP contribution in [-0.2, 0) is 13.0 Å². The molecule has 0 bridgehead atoms. The SMILES string of the molecule is COc1cccc(C(=O)C2Cc3ccccc3CN2)c1. The van der Waals surface area contributed by atoms with Gasteiger partial charge in [0.25, 0.3) is 0 Å². The summed E-state index contributed by atoms with van der Waals surface area (Å²) in [4.78, 5) is 12.6. The van der Waals surface area contributed by atoms with Crippen molar-refractivity contribution in [1.82, 2.24) is 5.32 Å². The van der Waals surface area contributed by atoms with Crippen LogP contribution < -0.4 is 10.1 Å². The summed E-state index contributed by atoms with van der Waals surface area (Å²) in [6.45, 7) is 0.747. The van der Waals surface area contributed by atoms with Gasteiger partial charge in [0.2, 0.25) is 0 Å². The number of carbonyl (C=O) groups excluding carboxylic acids is 1. The van der Waals surface area contributed by atoms with Gasteiger partial charge in [-0.15, -0.1) is 0 Å². The molecule has 102 valence electrons. The topological polar surface area (TPSA) is 38.3 Å². The van der Waals surface area contributed by atoms with Gasteiger partial charge in [0.05, 0.1) is 13.2 Å². The Labute approximate surface area is 118 Å². The minimum atomic E-state index is -0.156. The Bertz CT molecular complexity index is 636. The lowest BCUT2D eigenvalue weighted by molar-refractivity contribution is 0.0937. The third-order valence-electron chi connectivity index (χ3n) is 3.75. The van der Waals surface area contributed by atoms with Crippen LogP contribution in [0.4, 0.5) is 0 Å². The van der Waals surface area contributed by atoms with Gasteiger partial charge in [0.15, 0.2) is 5.78 Å². The maximum Gasteiger partial charge on any atom is 0.180 e. The van der Waals surface area contributed by atoms with Gasteiger partial charge in [-0.05, 0) is 29.7 Å². The van der Waals surface area contributed by atoms with E-state index in [1.165, 1.54) is 11.1 Å². The summed E-state index contributed by atoms with van der Waals surface area (Å²) in [5, 5.41) is 3.32. The van der Waals surface area contributed by atoms with E-state index in [1.54, 1.807) is 13.2 Å². The molecule has 3 rings (SSSR count). The molecule has 1 N–H and O–H groups in total. The van der Waals surface area contributed by atoms with Gasteiger partial charge in [-0.3, -0.25) is 4.79 Å². The van der Waals surface area contributed by atoms with E-state index in [2.05, 4.69) is 17.4 Å². The second kappa shape index (κ2) is 5.47. The number of nitrogens with one attached hydrogen (secondary N) is 1. The first kappa shape index (κ1) is 12.9. The number of hydrogen-bond acceptors (Lipinski definition) is 3. The second-order valence-corrected chi connectivity index (χ2v) is 5.00. The van der Waals surface area contributed by atoms with E-state index in [-0.39, 0.29) is 11.8 Å². The van der Waals surface area contributed by atoms with Crippen molar-refractivity contribution in [2.24, 2.45) is 0 Å². The first-order valence-corrected chi connectivity index (χ1v) is 6.76. The number of ether oxygens (including phenoxy) is 1. The Morgan fingerprint density at radius 2 is 1.95 bits per heavy atom. The highest BCUT2D eigenvalue weighted by Gasteiger charge is 2.24. The van der Waals surface area contributed by atoms with Crippen LogP contribution in [0.3, 0.4) is 0 Å². The van der Waals surface area contributed by atoms with E-state index >= 15 is 0 Å². The third kappa shape index (κ3) is 2.45. The zero-order chi connectivity index (χ0) is 13.9. The first-order chi connectivity index (χ1) is 9.78. The molecule has 1 atom stereocenters. The standard InChI is InChI=1S/C17H17NO2/c1-20-15-8-4-7-13(9-15)17(19)16-10-12-5-2-3-6-14(12)11-18-16/h2-9,16,18H,10-11H2,1H3. The fraction of sp³-hybridized carbons (Fsp3) is 0.235. The first-order valence-electron chi connectivity index (χ1n) is 6.76. The van der Waals surface area contributed by atoms with E-state index in [0.29, 0.717) is 11.3 Å². The summed E-state index contributed by atoms with van der Waals surface area (Å²) in [7, 11) is 1.61. The van der Waals surface area contributed by atoms with Crippen molar-refractivity contribution in [3.63, 3.8) is 0 Å². The van der Waals surface area contributed by atoms with Crippen molar-refractivity contribution in [3.8, 4) is 5.75 Å². The third-order valence-corrected chi connectivity index (χ3v) is 3.75. The van der Waals surface area contributed by atoms with Crippen molar-refractivity contribution >= 4 is 5.78 Å². The Morgan fingerprint density at radius 1 is 1.15 bits per heavy atom. The molecule has 0 amide bonds. The van der Waals surface area contributed by atoms with Crippen LogP contribution in [0.1, 0.15) is 21.5 Å². The van der Waals surface area contributed by atoms with Gasteiger partial charge in [-0.25, -0.2) is 0 Å². The summed E-state index contributed by atoms with van der Waals surface area (Å²) in [5.74, 6) is 0.838. The number of Topliss-reactive ketones (excluding diaryl/α,β-unsaturated/α-hetero) is 1. The largest absolute Gasteiger partial charge is 0.497 e. The lowest BCUT2D eigenvalue weighted by atomic mass is 9.91. The van der Waals surface area contributed by atoms with Crippen LogP contribution in [0.5, 0.6) is 5.75 Å². The molecule has 2 aromatic rings. The predicted molar refractivity (Wildman–Crippen MR) is 78.1 cm³/mol. The van der Waals surface area contributed by atoms with E-state index in [9.17, 15) is 4.79 Å². The summed E-state index contributed by atoms with van der Waals surface area (Å²) in [5.41, 5.74) is 3.23. The molecular formula is C17H17NO2. The molecule has 3 nitrogen and oxygen atoms in total. The second-order valence-electron chi connectivity index (χ2n) is 5.00. The molecule has 0 aromatic heterocycles. The number of hydrogen-bond donors (Lipinski definition) is 1. The highest BCUT2D eigenvalue weighted by Crippen LogP contribution is 2.20. The summed E-state index contributed by atoms with van der Waals surface area (Å²) < 4.78 is 5.18. The number of fused-ring (bicyclic) bond motifs is 1. The normalized spacial score (nSPS) is 17.4. The number of methoxy groups -OCH3 is 1. The van der Waals surface area contributed by atoms with E-state index < -0.39 is 0 Å². The molecule has 1 unspecified atom stereocenters. The molecule has 0 aliphatic carbocycles. The van der Waals surface area contributed by atoms with Gasteiger partial charge in [0.1, 0.15) is 5.75 Å². The van der Waals surface area contributed by atoms with Crippen LogP contribution in [-0.4, -0.2) is 18.9 Å². The van der Waals surface area contributed by atoms with E-state index in [4.69, 9.17) is 4.74 Å². The van der Waals surface area contributed by atoms with Crippen molar-refractivity contribution in [1.29, 1.82) is 0 Å². The van der Waals surface area contributed by atoms with E-state index in [0.717, 1.165) is 13.0 Å². The molecule has 20 heavy (non-hydrogen) atoms. The Morgan fingerprint density at radius 3 is 2.75 bits per heavy atom. The van der Waals surface area contributed by atoms with Gasteiger partial charge < -0.3 is 10.1 Å². The lowest BCUT2D eigenvalue weighted by Gasteiger charge is -2.25. The van der Waals surface area contributed by atoms with Crippen LogP contribution in [0.25, 0.3) is 0 Å². The highest BCUT2D eigenvalue weighted by atomic mass is 16.5. The Balaban J connectivity index is 1.82. The zero-order valence-electron chi connectivity index (χ0n) is 11.4. The molecule has 1 aliphatic rings. The van der Waals surface area contributed by atoms with Crippen molar-refractivity contribution in [2.45, 2.75) is 19.0 Å². The van der Waals surface area contributed by atoms with Crippen LogP contribution in [0.15, 0.2) is 48.5 Å². The van der Waals surface area contributed by atoms with Crippen molar-refractivity contribution in [2.75, 3.05) is 7.11 Å². The summed E-state index contributed by atoms with van der Waals surface area (Å²) >= 11 is 0. The Hall–Kier alpha value is -2.13. The molecule has 0 saturated carbocycles. The fourth-order valence-electron chi connectivity index (χ4n) is 2.62. The minimum absolute atomic E-state index is 0.124. The molecule has 0 saturated heterocycles. The van der Waals surface area contributed by atoms with Gasteiger partial charge >= 0.3 is 0 Å². The summed E-state index contributed by atoms with van der Waals surface area (Å²) in [6, 6.07) is 15.4. The number of carbonyl (C=O) groups is 1.